The summed E-state index contributed by atoms with van der Waals surface area (Å²) >= 11 is 1.77. The smallest absolute Gasteiger partial charge is 0.222 e. The number of nitrogens with two attached hydrogens (primary N) is 2. The van der Waals surface area contributed by atoms with Crippen molar-refractivity contribution in [2.75, 3.05) is 5.73 Å². The first-order chi connectivity index (χ1) is 7.16. The van der Waals surface area contributed by atoms with E-state index in [0.29, 0.717) is 17.2 Å². The first kappa shape index (κ1) is 10.8. The highest BCUT2D eigenvalue weighted by Gasteiger charge is 2.21. The molecule has 15 heavy (non-hydrogen) atoms. The summed E-state index contributed by atoms with van der Waals surface area (Å²) in [5.41, 5.74) is 11.5. The summed E-state index contributed by atoms with van der Waals surface area (Å²) in [5.74, 6) is 0.477. The summed E-state index contributed by atoms with van der Waals surface area (Å²) in [6.07, 6.45) is 4.56. The van der Waals surface area contributed by atoms with Crippen molar-refractivity contribution < 1.29 is 0 Å². The Labute approximate surface area is 93.6 Å². The third kappa shape index (κ3) is 2.43. The molecule has 0 saturated heterocycles. The Balaban J connectivity index is 1.94. The molecule has 1 aliphatic carbocycles. The summed E-state index contributed by atoms with van der Waals surface area (Å²) in [5, 5.41) is 9.42. The molecule has 1 aliphatic rings. The molecule has 1 heterocycles. The lowest BCUT2D eigenvalue weighted by Crippen LogP contribution is -2.27. The summed E-state index contributed by atoms with van der Waals surface area (Å²) in [4.78, 5) is 0. The molecular formula is C9H17N5S. The lowest BCUT2D eigenvalue weighted by molar-refractivity contribution is 0.450. The first-order valence-corrected chi connectivity index (χ1v) is 6.12. The number of thioether (sulfide) groups is 1. The Bertz CT molecular complexity index is 329. The van der Waals surface area contributed by atoms with E-state index < -0.39 is 0 Å². The number of hydrogen-bond donors (Lipinski definition) is 2. The van der Waals surface area contributed by atoms with Crippen LogP contribution in [0.3, 0.4) is 0 Å². The molecule has 0 aromatic carbocycles. The molecule has 1 aromatic rings. The van der Waals surface area contributed by atoms with E-state index in [-0.39, 0.29) is 0 Å². The number of anilines is 1. The summed E-state index contributed by atoms with van der Waals surface area (Å²) in [6.45, 7) is 0. The fourth-order valence-electron chi connectivity index (χ4n) is 1.78. The average molecular weight is 227 g/mol. The Morgan fingerprint density at radius 1 is 1.27 bits per heavy atom. The second kappa shape index (κ2) is 4.40. The van der Waals surface area contributed by atoms with E-state index >= 15 is 0 Å². The van der Waals surface area contributed by atoms with Gasteiger partial charge in [-0.25, -0.2) is 0 Å². The van der Waals surface area contributed by atoms with Gasteiger partial charge in [-0.05, 0) is 25.7 Å². The molecule has 0 atom stereocenters. The molecule has 1 saturated carbocycles. The molecule has 0 radical (unpaired) electrons. The van der Waals surface area contributed by atoms with Gasteiger partial charge in [0.25, 0.3) is 0 Å². The molecule has 6 heteroatoms. The van der Waals surface area contributed by atoms with Crippen molar-refractivity contribution in [1.29, 1.82) is 0 Å². The first-order valence-electron chi connectivity index (χ1n) is 5.24. The Kier molecular flexibility index (Phi) is 3.16. The maximum absolute atomic E-state index is 5.86. The lowest BCUT2D eigenvalue weighted by Gasteiger charge is -2.24. The Morgan fingerprint density at radius 2 is 1.93 bits per heavy atom. The van der Waals surface area contributed by atoms with Crippen LogP contribution in [0.25, 0.3) is 0 Å². The van der Waals surface area contributed by atoms with Gasteiger partial charge in [-0.1, -0.05) is 11.8 Å². The van der Waals surface area contributed by atoms with E-state index in [1.807, 2.05) is 11.6 Å². The van der Waals surface area contributed by atoms with Crippen LogP contribution in [0.1, 0.15) is 25.7 Å². The number of nitrogen functional groups attached to an aromatic ring is 1. The topological polar surface area (TPSA) is 82.8 Å². The molecule has 84 valence electrons. The van der Waals surface area contributed by atoms with E-state index in [2.05, 4.69) is 10.2 Å². The third-order valence-corrected chi connectivity index (χ3v) is 4.23. The minimum atomic E-state index is 0.395. The van der Waals surface area contributed by atoms with Crippen LogP contribution >= 0.6 is 11.8 Å². The SMILES string of the molecule is Cn1c(N)nnc1SC1CCC(N)CC1. The van der Waals surface area contributed by atoms with Crippen molar-refractivity contribution in [2.45, 2.75) is 42.1 Å². The zero-order chi connectivity index (χ0) is 10.8. The van der Waals surface area contributed by atoms with Crippen molar-refractivity contribution in [3.63, 3.8) is 0 Å². The van der Waals surface area contributed by atoms with E-state index in [1.165, 1.54) is 12.8 Å². The zero-order valence-electron chi connectivity index (χ0n) is 8.89. The fourth-order valence-corrected chi connectivity index (χ4v) is 2.93. The van der Waals surface area contributed by atoms with Gasteiger partial charge in [0.1, 0.15) is 0 Å². The minimum Gasteiger partial charge on any atom is -0.368 e. The van der Waals surface area contributed by atoms with Gasteiger partial charge >= 0.3 is 0 Å². The zero-order valence-corrected chi connectivity index (χ0v) is 9.70. The highest BCUT2D eigenvalue weighted by atomic mass is 32.2. The van der Waals surface area contributed by atoms with Gasteiger partial charge < -0.3 is 11.5 Å². The summed E-state index contributed by atoms with van der Waals surface area (Å²) in [6, 6.07) is 0.395. The van der Waals surface area contributed by atoms with Crippen molar-refractivity contribution in [1.82, 2.24) is 14.8 Å². The second-order valence-corrected chi connectivity index (χ2v) is 5.32. The van der Waals surface area contributed by atoms with Gasteiger partial charge in [0.15, 0.2) is 5.16 Å². The van der Waals surface area contributed by atoms with Gasteiger partial charge in [-0.3, -0.25) is 4.57 Å². The quantitative estimate of drug-likeness (QED) is 0.779. The third-order valence-electron chi connectivity index (χ3n) is 2.86. The summed E-state index contributed by atoms with van der Waals surface area (Å²) < 4.78 is 1.83. The van der Waals surface area contributed by atoms with E-state index in [0.717, 1.165) is 18.0 Å². The Hall–Kier alpha value is -0.750. The van der Waals surface area contributed by atoms with E-state index in [9.17, 15) is 0 Å². The highest BCUT2D eigenvalue weighted by molar-refractivity contribution is 7.99. The van der Waals surface area contributed by atoms with Gasteiger partial charge in [-0.2, -0.15) is 0 Å². The lowest BCUT2D eigenvalue weighted by atomic mass is 9.96. The fraction of sp³-hybridized carbons (Fsp3) is 0.778. The van der Waals surface area contributed by atoms with Crippen LogP contribution < -0.4 is 11.5 Å². The molecule has 2 rings (SSSR count). The molecule has 4 N–H and O–H groups in total. The van der Waals surface area contributed by atoms with E-state index in [4.69, 9.17) is 11.5 Å². The van der Waals surface area contributed by atoms with Crippen molar-refractivity contribution in [3.05, 3.63) is 0 Å². The van der Waals surface area contributed by atoms with E-state index in [1.54, 1.807) is 11.8 Å². The van der Waals surface area contributed by atoms with Crippen molar-refractivity contribution >= 4 is 17.7 Å². The normalized spacial score (nSPS) is 26.8. The maximum atomic E-state index is 5.86. The van der Waals surface area contributed by atoms with Gasteiger partial charge in [0.2, 0.25) is 5.95 Å². The molecule has 1 fully saturated rings. The average Bonchev–Trinajstić information content (AvgIpc) is 2.53. The van der Waals surface area contributed by atoms with Gasteiger partial charge in [0, 0.05) is 18.3 Å². The number of hydrogen-bond acceptors (Lipinski definition) is 5. The maximum Gasteiger partial charge on any atom is 0.222 e. The van der Waals surface area contributed by atoms with Gasteiger partial charge in [0.05, 0.1) is 0 Å². The minimum absolute atomic E-state index is 0.395. The molecule has 5 nitrogen and oxygen atoms in total. The molecule has 1 aromatic heterocycles. The van der Waals surface area contributed by atoms with Crippen molar-refractivity contribution in [3.8, 4) is 0 Å². The molecule has 0 spiro atoms. The largest absolute Gasteiger partial charge is 0.368 e. The van der Waals surface area contributed by atoms with Gasteiger partial charge in [-0.15, -0.1) is 10.2 Å². The Morgan fingerprint density at radius 3 is 2.47 bits per heavy atom. The molecule has 0 amide bonds. The van der Waals surface area contributed by atoms with Crippen LogP contribution in [-0.4, -0.2) is 26.1 Å². The van der Waals surface area contributed by atoms with Crippen LogP contribution in [-0.2, 0) is 7.05 Å². The second-order valence-electron chi connectivity index (χ2n) is 4.05. The molecule has 0 unspecified atom stereocenters. The predicted molar refractivity (Wildman–Crippen MR) is 61.5 cm³/mol. The molecule has 0 aliphatic heterocycles. The summed E-state index contributed by atoms with van der Waals surface area (Å²) in [7, 11) is 1.90. The molecule has 0 bridgehead atoms. The number of aromatic nitrogens is 3. The number of rotatable bonds is 2. The van der Waals surface area contributed by atoms with Crippen LogP contribution in [0, 0.1) is 0 Å². The molecular weight excluding hydrogens is 210 g/mol. The monoisotopic (exact) mass is 227 g/mol. The predicted octanol–water partition coefficient (Wildman–Crippen LogP) is 0.759. The number of nitrogens with zero attached hydrogens (tertiary/aromatic N) is 3. The van der Waals surface area contributed by atoms with Crippen LogP contribution in [0.5, 0.6) is 0 Å². The van der Waals surface area contributed by atoms with Crippen LogP contribution in [0.2, 0.25) is 0 Å². The van der Waals surface area contributed by atoms with Crippen LogP contribution in [0.15, 0.2) is 5.16 Å². The van der Waals surface area contributed by atoms with Crippen molar-refractivity contribution in [2.24, 2.45) is 12.8 Å². The van der Waals surface area contributed by atoms with Crippen LogP contribution in [0.4, 0.5) is 5.95 Å². The standard InChI is InChI=1S/C9H17N5S/c1-14-8(11)12-13-9(14)15-7-4-2-6(10)3-5-7/h6-7H,2-5,10H2,1H3,(H2,11,12). The highest BCUT2D eigenvalue weighted by Crippen LogP contribution is 2.32.